The number of aromatic nitrogens is 1. The fraction of sp³-hybridized carbons (Fsp3) is 0.333. The van der Waals surface area contributed by atoms with Crippen LogP contribution in [0.2, 0.25) is 0 Å². The summed E-state index contributed by atoms with van der Waals surface area (Å²) in [6.45, 7) is 5.37. The maximum absolute atomic E-state index is 12.6. The van der Waals surface area contributed by atoms with Gasteiger partial charge < -0.3 is 10.6 Å². The van der Waals surface area contributed by atoms with Gasteiger partial charge in [0.2, 0.25) is 0 Å². The van der Waals surface area contributed by atoms with Crippen molar-refractivity contribution < 1.29 is 4.79 Å². The molecule has 0 fully saturated rings. The van der Waals surface area contributed by atoms with Gasteiger partial charge in [-0.2, -0.15) is 0 Å². The van der Waals surface area contributed by atoms with E-state index in [0.29, 0.717) is 24.5 Å². The second kappa shape index (κ2) is 9.79. The summed E-state index contributed by atoms with van der Waals surface area (Å²) in [5.41, 5.74) is 7.54. The summed E-state index contributed by atoms with van der Waals surface area (Å²) in [7, 11) is 0. The molecule has 1 aromatic carbocycles. The van der Waals surface area contributed by atoms with E-state index in [0.717, 1.165) is 16.3 Å². The molecule has 0 radical (unpaired) electrons. The molecule has 2 rings (SSSR count). The summed E-state index contributed by atoms with van der Waals surface area (Å²) in [4.78, 5) is 19.4. The second-order valence-electron chi connectivity index (χ2n) is 4.65. The molecule has 0 spiro atoms. The zero-order valence-electron chi connectivity index (χ0n) is 12.6. The van der Waals surface area contributed by atoms with E-state index in [4.69, 9.17) is 5.73 Å². The number of hydrogen-bond acceptors (Lipinski definition) is 4. The van der Waals surface area contributed by atoms with Crippen LogP contribution in [-0.4, -0.2) is 28.9 Å². The van der Waals surface area contributed by atoms with Crippen LogP contribution >= 0.6 is 36.2 Å². The molecule has 1 aromatic heterocycles. The minimum Gasteiger partial charge on any atom is -0.332 e. The summed E-state index contributed by atoms with van der Waals surface area (Å²) in [6.07, 6.45) is 0. The lowest BCUT2D eigenvalue weighted by atomic mass is 10.2. The highest BCUT2D eigenvalue weighted by atomic mass is 35.5. The van der Waals surface area contributed by atoms with Gasteiger partial charge in [0.1, 0.15) is 4.88 Å². The molecule has 4 nitrogen and oxygen atoms in total. The zero-order valence-corrected chi connectivity index (χ0v) is 15.1. The largest absolute Gasteiger partial charge is 0.332 e. The summed E-state index contributed by atoms with van der Waals surface area (Å²) in [5.74, 6) is 0.0161. The molecular weight excluding hydrogens is 341 g/mol. The Morgan fingerprint density at radius 3 is 2.36 bits per heavy atom. The van der Waals surface area contributed by atoms with Crippen LogP contribution < -0.4 is 5.73 Å². The molecule has 0 unspecified atom stereocenters. The predicted octanol–water partition coefficient (Wildman–Crippen LogP) is 3.20. The van der Waals surface area contributed by atoms with E-state index < -0.39 is 0 Å². The first-order chi connectivity index (χ1) is 9.61. The molecule has 122 valence electrons. The van der Waals surface area contributed by atoms with E-state index in [9.17, 15) is 4.79 Å². The minimum absolute atomic E-state index is 0. The number of rotatable bonds is 5. The first-order valence-electron chi connectivity index (χ1n) is 6.59. The monoisotopic (exact) mass is 361 g/mol. The van der Waals surface area contributed by atoms with Gasteiger partial charge in [0, 0.05) is 19.6 Å². The van der Waals surface area contributed by atoms with Crippen LogP contribution in [0.3, 0.4) is 0 Å². The second-order valence-corrected chi connectivity index (χ2v) is 5.85. The van der Waals surface area contributed by atoms with Crippen LogP contribution in [0.15, 0.2) is 30.3 Å². The van der Waals surface area contributed by atoms with Crippen molar-refractivity contribution in [2.75, 3.05) is 13.1 Å². The van der Waals surface area contributed by atoms with Crippen LogP contribution in [0.5, 0.6) is 0 Å². The highest BCUT2D eigenvalue weighted by Crippen LogP contribution is 2.20. The fourth-order valence-corrected chi connectivity index (χ4v) is 2.97. The Balaban J connectivity index is 0.00000220. The third-order valence-corrected chi connectivity index (χ3v) is 4.06. The SMILES string of the molecule is Cc1nc(C)c(C(=O)N(CCN)Cc2ccccc2)s1.Cl.Cl. The van der Waals surface area contributed by atoms with Crippen LogP contribution in [-0.2, 0) is 6.54 Å². The van der Waals surface area contributed by atoms with Crippen molar-refractivity contribution in [3.8, 4) is 0 Å². The first-order valence-corrected chi connectivity index (χ1v) is 7.40. The number of aryl methyl sites for hydroxylation is 2. The first kappa shape index (κ1) is 20.9. The molecule has 0 saturated carbocycles. The quantitative estimate of drug-likeness (QED) is 0.889. The highest BCUT2D eigenvalue weighted by molar-refractivity contribution is 7.13. The number of carbonyl (C=O) groups is 1. The topological polar surface area (TPSA) is 59.2 Å². The number of amides is 1. The Hall–Kier alpha value is -1.14. The van der Waals surface area contributed by atoms with Gasteiger partial charge in [0.25, 0.3) is 5.91 Å². The molecule has 1 amide bonds. The molecule has 7 heteroatoms. The average molecular weight is 362 g/mol. The van der Waals surface area contributed by atoms with Crippen molar-refractivity contribution in [2.24, 2.45) is 5.73 Å². The average Bonchev–Trinajstić information content (AvgIpc) is 2.77. The number of benzene rings is 1. The van der Waals surface area contributed by atoms with Gasteiger partial charge in [-0.05, 0) is 19.4 Å². The molecule has 22 heavy (non-hydrogen) atoms. The van der Waals surface area contributed by atoms with E-state index in [1.807, 2.05) is 44.2 Å². The smallest absolute Gasteiger partial charge is 0.266 e. The van der Waals surface area contributed by atoms with Crippen molar-refractivity contribution in [1.29, 1.82) is 0 Å². The summed E-state index contributed by atoms with van der Waals surface area (Å²) in [6, 6.07) is 9.95. The Morgan fingerprint density at radius 1 is 1.23 bits per heavy atom. The van der Waals surface area contributed by atoms with E-state index in [1.165, 1.54) is 11.3 Å². The van der Waals surface area contributed by atoms with Gasteiger partial charge in [0.15, 0.2) is 0 Å². The number of halogens is 2. The predicted molar refractivity (Wildman–Crippen MR) is 96.3 cm³/mol. The van der Waals surface area contributed by atoms with Gasteiger partial charge in [-0.15, -0.1) is 36.2 Å². The van der Waals surface area contributed by atoms with E-state index >= 15 is 0 Å². The number of carbonyl (C=O) groups excluding carboxylic acids is 1. The van der Waals surface area contributed by atoms with Crippen LogP contribution in [0, 0.1) is 13.8 Å². The van der Waals surface area contributed by atoms with Gasteiger partial charge in [-0.1, -0.05) is 30.3 Å². The number of hydrogen-bond donors (Lipinski definition) is 1. The molecule has 0 aliphatic rings. The Labute approximate surface area is 147 Å². The Morgan fingerprint density at radius 2 is 1.86 bits per heavy atom. The maximum atomic E-state index is 12.6. The summed E-state index contributed by atoms with van der Waals surface area (Å²) < 4.78 is 0. The van der Waals surface area contributed by atoms with Crippen molar-refractivity contribution in [1.82, 2.24) is 9.88 Å². The summed E-state index contributed by atoms with van der Waals surface area (Å²) >= 11 is 1.44. The molecule has 0 bridgehead atoms. The van der Waals surface area contributed by atoms with Gasteiger partial charge in [-0.25, -0.2) is 4.98 Å². The van der Waals surface area contributed by atoms with Crippen LogP contribution in [0.4, 0.5) is 0 Å². The third kappa shape index (κ3) is 5.25. The van der Waals surface area contributed by atoms with Crippen molar-refractivity contribution >= 4 is 42.1 Å². The van der Waals surface area contributed by atoms with E-state index in [-0.39, 0.29) is 30.7 Å². The highest BCUT2D eigenvalue weighted by Gasteiger charge is 2.20. The van der Waals surface area contributed by atoms with E-state index in [1.54, 1.807) is 4.90 Å². The summed E-state index contributed by atoms with van der Waals surface area (Å²) in [5, 5.41) is 0.915. The molecule has 2 N–H and O–H groups in total. The fourth-order valence-electron chi connectivity index (χ4n) is 2.09. The molecular formula is C15H21Cl2N3OS. The third-order valence-electron chi connectivity index (χ3n) is 3.00. The number of thiazole rings is 1. The molecule has 2 aromatic rings. The standard InChI is InChI=1S/C15H19N3OS.2ClH/c1-11-14(20-12(2)17-11)15(19)18(9-8-16)10-13-6-4-3-5-7-13;;/h3-7H,8-10,16H2,1-2H3;2*1H. The Kier molecular flexibility index (Phi) is 9.28. The number of nitrogens with zero attached hydrogens (tertiary/aromatic N) is 2. The normalized spacial score (nSPS) is 9.59. The minimum atomic E-state index is 0. The zero-order chi connectivity index (χ0) is 14.5. The van der Waals surface area contributed by atoms with Crippen LogP contribution in [0.25, 0.3) is 0 Å². The molecule has 0 aliphatic heterocycles. The van der Waals surface area contributed by atoms with Crippen molar-refractivity contribution in [3.05, 3.63) is 51.5 Å². The van der Waals surface area contributed by atoms with Gasteiger partial charge >= 0.3 is 0 Å². The molecule has 0 saturated heterocycles. The number of nitrogens with two attached hydrogens (primary N) is 1. The molecule has 1 heterocycles. The Bertz CT molecular complexity index is 590. The lowest BCUT2D eigenvalue weighted by molar-refractivity contribution is 0.0752. The lowest BCUT2D eigenvalue weighted by Gasteiger charge is -2.21. The van der Waals surface area contributed by atoms with Crippen molar-refractivity contribution in [2.45, 2.75) is 20.4 Å². The van der Waals surface area contributed by atoms with Gasteiger partial charge in [0.05, 0.1) is 10.7 Å². The van der Waals surface area contributed by atoms with Gasteiger partial charge in [-0.3, -0.25) is 4.79 Å². The van der Waals surface area contributed by atoms with Crippen LogP contribution in [0.1, 0.15) is 25.9 Å². The maximum Gasteiger partial charge on any atom is 0.266 e. The molecule has 0 aliphatic carbocycles. The van der Waals surface area contributed by atoms with E-state index in [2.05, 4.69) is 4.98 Å². The lowest BCUT2D eigenvalue weighted by Crippen LogP contribution is -2.34. The molecule has 0 atom stereocenters. The van der Waals surface area contributed by atoms with Crippen molar-refractivity contribution in [3.63, 3.8) is 0 Å².